The van der Waals surface area contributed by atoms with Gasteiger partial charge in [-0.05, 0) is 118 Å². The summed E-state index contributed by atoms with van der Waals surface area (Å²) in [5, 5.41) is 11.9. The number of anilines is 1. The minimum atomic E-state index is -3.89. The molecule has 44 heavy (non-hydrogen) atoms. The van der Waals surface area contributed by atoms with Crippen LogP contribution in [0.5, 0.6) is 5.75 Å². The summed E-state index contributed by atoms with van der Waals surface area (Å²) in [5.41, 5.74) is 3.43. The van der Waals surface area contributed by atoms with E-state index in [2.05, 4.69) is 33.9 Å². The number of allylic oxidation sites excluding steroid dienone is 1. The average Bonchev–Trinajstić information content (AvgIpc) is 3.70. The number of amides is 1. The molecule has 2 fully saturated rings. The minimum absolute atomic E-state index is 0.0218. The highest BCUT2D eigenvalue weighted by Crippen LogP contribution is 2.52. The molecule has 2 saturated carbocycles. The Morgan fingerprint density at radius 3 is 2.82 bits per heavy atom. The number of sulfonamides is 1. The Labute approximate surface area is 266 Å². The largest absolute Gasteiger partial charge is 0.490 e. The number of ether oxygens (including phenoxy) is 1. The van der Waals surface area contributed by atoms with Crippen LogP contribution in [0.2, 0.25) is 5.02 Å². The third kappa shape index (κ3) is 5.05. The van der Waals surface area contributed by atoms with Crippen LogP contribution in [-0.2, 0) is 21.9 Å². The summed E-state index contributed by atoms with van der Waals surface area (Å²) in [6.45, 7) is 5.76. The highest BCUT2D eigenvalue weighted by atomic mass is 35.5. The predicted molar refractivity (Wildman–Crippen MR) is 173 cm³/mol. The fraction of sp³-hybridized carbons (Fsp3) is 0.571. The lowest BCUT2D eigenvalue weighted by Crippen LogP contribution is -2.49. The Hall–Kier alpha value is -2.55. The molecule has 1 amide bonds. The van der Waals surface area contributed by atoms with Gasteiger partial charge in [-0.15, -0.1) is 0 Å². The molecule has 2 aliphatic heterocycles. The van der Waals surface area contributed by atoms with Crippen LogP contribution in [0.4, 0.5) is 5.69 Å². The average molecular weight is 639 g/mol. The van der Waals surface area contributed by atoms with Crippen LogP contribution in [-0.4, -0.2) is 50.0 Å². The molecule has 9 heteroatoms. The summed E-state index contributed by atoms with van der Waals surface area (Å²) in [7, 11) is -3.89. The minimum Gasteiger partial charge on any atom is -0.490 e. The Bertz CT molecular complexity index is 1610. The standard InChI is InChI=1S/C35H43ClN2O5S/c1-3-31(39)28-8-4-7-25-18-34(25,2)44(41,42)37-33(40)23-10-14-32-30(17-23)38(19-24-9-12-27(24)28)20-35(21-43-32)15-5-6-22-16-26(36)11-13-29(22)35/h4,8,10-11,13-14,16-17,24-25,27-28,31,39H,3,5-7,9,12,15,18-21H2,1-2H3,(H,37,40)/b8-4+/t24-,25+,27+,28+,31-,34+,35-/m0/s1. The molecule has 0 aromatic heterocycles. The third-order valence-electron chi connectivity index (χ3n) is 11.6. The van der Waals surface area contributed by atoms with Crippen molar-refractivity contribution in [2.45, 2.75) is 81.5 Å². The number of aryl methyl sites for hydroxylation is 1. The highest BCUT2D eigenvalue weighted by molar-refractivity contribution is 7.91. The summed E-state index contributed by atoms with van der Waals surface area (Å²) in [6, 6.07) is 11.5. The number of benzene rings is 2. The number of nitrogens with one attached hydrogen (secondary N) is 1. The molecular formula is C35H43ClN2O5S. The molecule has 1 spiro atoms. The van der Waals surface area contributed by atoms with Crippen LogP contribution in [0.3, 0.4) is 0 Å². The first kappa shape index (κ1) is 30.1. The van der Waals surface area contributed by atoms with Crippen LogP contribution < -0.4 is 14.4 Å². The van der Waals surface area contributed by atoms with Crippen molar-refractivity contribution < 1.29 is 23.1 Å². The van der Waals surface area contributed by atoms with Crippen LogP contribution in [0.15, 0.2) is 48.6 Å². The molecule has 2 bridgehead atoms. The number of halogens is 1. The Morgan fingerprint density at radius 1 is 1.20 bits per heavy atom. The van der Waals surface area contributed by atoms with Crippen LogP contribution in [0.25, 0.3) is 0 Å². The number of aliphatic hydroxyl groups is 1. The number of rotatable bonds is 2. The molecule has 0 saturated heterocycles. The van der Waals surface area contributed by atoms with Crippen molar-refractivity contribution in [1.29, 1.82) is 0 Å². The van der Waals surface area contributed by atoms with E-state index < -0.39 is 26.8 Å². The zero-order valence-corrected chi connectivity index (χ0v) is 27.2. The van der Waals surface area contributed by atoms with Gasteiger partial charge in [-0.1, -0.05) is 36.7 Å². The molecule has 7 nitrogen and oxygen atoms in total. The van der Waals surface area contributed by atoms with Gasteiger partial charge >= 0.3 is 0 Å². The molecule has 3 aliphatic carbocycles. The Morgan fingerprint density at radius 2 is 2.05 bits per heavy atom. The van der Waals surface area contributed by atoms with Gasteiger partial charge in [-0.3, -0.25) is 4.79 Å². The van der Waals surface area contributed by atoms with E-state index in [9.17, 15) is 18.3 Å². The van der Waals surface area contributed by atoms with Gasteiger partial charge in [0, 0.05) is 35.0 Å². The SMILES string of the molecule is CC[C@H](O)[C@@H]1/C=C/C[C@@H]2C[C@@]2(C)S(=O)(=O)NC(=O)c2ccc3c(c2)N(C[C@@H]2CC[C@H]21)C[C@@]1(CCCc2cc(Cl)ccc21)CO3. The molecule has 2 aromatic carbocycles. The summed E-state index contributed by atoms with van der Waals surface area (Å²) in [5.74, 6) is 0.766. The molecule has 2 heterocycles. The van der Waals surface area contributed by atoms with E-state index in [-0.39, 0.29) is 17.3 Å². The fourth-order valence-electron chi connectivity index (χ4n) is 8.48. The number of carbonyl (C=O) groups is 1. The summed E-state index contributed by atoms with van der Waals surface area (Å²) in [6.07, 6.45) is 10.7. The van der Waals surface area contributed by atoms with Crippen molar-refractivity contribution in [3.05, 3.63) is 70.3 Å². The molecule has 0 unspecified atom stereocenters. The molecule has 7 atom stereocenters. The van der Waals surface area contributed by atoms with E-state index in [0.29, 0.717) is 49.0 Å². The van der Waals surface area contributed by atoms with E-state index in [1.807, 2.05) is 25.1 Å². The number of hydrogen-bond acceptors (Lipinski definition) is 6. The van der Waals surface area contributed by atoms with Gasteiger partial charge < -0.3 is 14.7 Å². The van der Waals surface area contributed by atoms with Crippen LogP contribution in [0, 0.1) is 23.7 Å². The number of aliphatic hydroxyl groups excluding tert-OH is 1. The van der Waals surface area contributed by atoms with Gasteiger partial charge in [-0.2, -0.15) is 0 Å². The smallest absolute Gasteiger partial charge is 0.264 e. The fourth-order valence-corrected chi connectivity index (χ4v) is 10.2. The zero-order chi connectivity index (χ0) is 30.9. The lowest BCUT2D eigenvalue weighted by Gasteiger charge is -2.47. The van der Waals surface area contributed by atoms with E-state index >= 15 is 0 Å². The van der Waals surface area contributed by atoms with E-state index in [1.54, 1.807) is 13.0 Å². The lowest BCUT2D eigenvalue weighted by atomic mass is 9.64. The maximum Gasteiger partial charge on any atom is 0.264 e. The predicted octanol–water partition coefficient (Wildman–Crippen LogP) is 6.02. The van der Waals surface area contributed by atoms with Gasteiger partial charge in [0.05, 0.1) is 23.1 Å². The topological polar surface area (TPSA) is 95.9 Å². The lowest BCUT2D eigenvalue weighted by molar-refractivity contribution is 0.0313. The normalized spacial score (nSPS) is 35.5. The quantitative estimate of drug-likeness (QED) is 0.391. The van der Waals surface area contributed by atoms with Gasteiger partial charge in [0.1, 0.15) is 5.75 Å². The molecule has 5 aliphatic rings. The molecule has 236 valence electrons. The number of fused-ring (bicyclic) bond motifs is 5. The first-order chi connectivity index (χ1) is 21.0. The molecule has 2 aromatic rings. The van der Waals surface area contributed by atoms with Crippen molar-refractivity contribution in [3.8, 4) is 5.75 Å². The second-order valence-corrected chi connectivity index (χ2v) is 16.7. The van der Waals surface area contributed by atoms with Crippen molar-refractivity contribution in [1.82, 2.24) is 4.72 Å². The maximum absolute atomic E-state index is 13.5. The van der Waals surface area contributed by atoms with Crippen LogP contribution >= 0.6 is 11.6 Å². The Kier molecular flexibility index (Phi) is 7.57. The second-order valence-electron chi connectivity index (χ2n) is 14.2. The number of carbonyl (C=O) groups excluding carboxylic acids is 1. The van der Waals surface area contributed by atoms with Gasteiger partial charge in [0.2, 0.25) is 10.0 Å². The second kappa shape index (κ2) is 11.1. The third-order valence-corrected chi connectivity index (χ3v) is 14.0. The zero-order valence-electron chi connectivity index (χ0n) is 25.6. The van der Waals surface area contributed by atoms with E-state index in [1.165, 1.54) is 11.1 Å². The van der Waals surface area contributed by atoms with Crippen molar-refractivity contribution in [2.75, 3.05) is 24.6 Å². The van der Waals surface area contributed by atoms with Crippen molar-refractivity contribution >= 4 is 33.2 Å². The molecule has 7 rings (SSSR count). The Balaban J connectivity index is 1.31. The molecular weight excluding hydrogens is 596 g/mol. The van der Waals surface area contributed by atoms with Crippen LogP contribution in [0.1, 0.15) is 80.3 Å². The van der Waals surface area contributed by atoms with Gasteiger partial charge in [0.25, 0.3) is 5.91 Å². The summed E-state index contributed by atoms with van der Waals surface area (Å²) < 4.78 is 34.9. The number of nitrogens with zero attached hydrogens (tertiary/aromatic N) is 1. The molecule has 0 radical (unpaired) electrons. The van der Waals surface area contributed by atoms with E-state index in [4.69, 9.17) is 16.3 Å². The first-order valence-corrected chi connectivity index (χ1v) is 18.1. The van der Waals surface area contributed by atoms with E-state index in [0.717, 1.165) is 55.9 Å². The van der Waals surface area contributed by atoms with Crippen molar-refractivity contribution in [3.63, 3.8) is 0 Å². The monoisotopic (exact) mass is 638 g/mol. The summed E-state index contributed by atoms with van der Waals surface area (Å²) >= 11 is 6.42. The van der Waals surface area contributed by atoms with Gasteiger partial charge in [0.15, 0.2) is 0 Å². The first-order valence-electron chi connectivity index (χ1n) is 16.3. The highest BCUT2D eigenvalue weighted by Gasteiger charge is 2.60. The maximum atomic E-state index is 13.5. The molecule has 2 N–H and O–H groups in total. The van der Waals surface area contributed by atoms with Crippen molar-refractivity contribution in [2.24, 2.45) is 23.7 Å². The van der Waals surface area contributed by atoms with Gasteiger partial charge in [-0.25, -0.2) is 13.1 Å². The summed E-state index contributed by atoms with van der Waals surface area (Å²) in [4.78, 5) is 15.9. The number of hydrogen-bond donors (Lipinski definition) is 2.